The van der Waals surface area contributed by atoms with Crippen LogP contribution in [0, 0.1) is 5.82 Å². The zero-order valence-electron chi connectivity index (χ0n) is 7.53. The molecule has 0 spiro atoms. The van der Waals surface area contributed by atoms with Crippen LogP contribution < -0.4 is 4.74 Å². The summed E-state index contributed by atoms with van der Waals surface area (Å²) in [6.45, 7) is 0. The van der Waals surface area contributed by atoms with Gasteiger partial charge in [-0.2, -0.15) is 0 Å². The highest BCUT2D eigenvalue weighted by Crippen LogP contribution is 2.31. The van der Waals surface area contributed by atoms with E-state index in [0.717, 1.165) is 19.2 Å². The van der Waals surface area contributed by atoms with Crippen LogP contribution in [0.5, 0.6) is 5.75 Å². The predicted molar refractivity (Wildman–Crippen MR) is 51.4 cm³/mol. The summed E-state index contributed by atoms with van der Waals surface area (Å²) in [6, 6.07) is 1.94. The smallest absolute Gasteiger partial charge is 0.265 e. The normalized spacial score (nSPS) is 11.1. The zero-order valence-corrected chi connectivity index (χ0v) is 9.10. The lowest BCUT2D eigenvalue weighted by Gasteiger charge is -2.08. The number of halogens is 2. The fourth-order valence-corrected chi connectivity index (χ4v) is 2.37. The van der Waals surface area contributed by atoms with Gasteiger partial charge in [0.1, 0.15) is 4.90 Å². The average Bonchev–Trinajstić information content (AvgIpc) is 2.15. The molecule has 0 saturated carbocycles. The standard InChI is InChI=1S/C8H6ClFO4S/c1-14-7-6(10)3-2-5(4-11)8(7)15(9,12)13/h2-4H,1H3. The molecule has 1 aromatic rings. The maximum atomic E-state index is 13.1. The van der Waals surface area contributed by atoms with Crippen molar-refractivity contribution < 1.29 is 22.3 Å². The molecule has 0 radical (unpaired) electrons. The first-order valence-corrected chi connectivity index (χ1v) is 5.99. The molecule has 15 heavy (non-hydrogen) atoms. The van der Waals surface area contributed by atoms with E-state index in [1.807, 2.05) is 0 Å². The van der Waals surface area contributed by atoms with Crippen LogP contribution in [0.3, 0.4) is 0 Å². The largest absolute Gasteiger partial charge is 0.492 e. The van der Waals surface area contributed by atoms with Crippen LogP contribution in [0.15, 0.2) is 17.0 Å². The maximum absolute atomic E-state index is 13.1. The third-order valence-electron chi connectivity index (χ3n) is 1.67. The van der Waals surface area contributed by atoms with Gasteiger partial charge in [0.25, 0.3) is 9.05 Å². The SMILES string of the molecule is COc1c(F)ccc(C=O)c1S(=O)(=O)Cl. The van der Waals surface area contributed by atoms with Crippen molar-refractivity contribution in [1.29, 1.82) is 0 Å². The van der Waals surface area contributed by atoms with Crippen LogP contribution in [-0.2, 0) is 9.05 Å². The van der Waals surface area contributed by atoms with Crippen LogP contribution in [0.4, 0.5) is 4.39 Å². The maximum Gasteiger partial charge on any atom is 0.265 e. The van der Waals surface area contributed by atoms with Gasteiger partial charge in [-0.05, 0) is 12.1 Å². The molecule has 0 amide bonds. The molecule has 0 heterocycles. The van der Waals surface area contributed by atoms with Crippen molar-refractivity contribution in [3.05, 3.63) is 23.5 Å². The number of carbonyl (C=O) groups excluding carboxylic acids is 1. The molecule has 0 N–H and O–H groups in total. The van der Waals surface area contributed by atoms with E-state index < -0.39 is 25.5 Å². The first kappa shape index (κ1) is 11.9. The molecule has 0 unspecified atom stereocenters. The molecule has 0 aliphatic carbocycles. The van der Waals surface area contributed by atoms with Gasteiger partial charge >= 0.3 is 0 Å². The minimum Gasteiger partial charge on any atom is -0.492 e. The van der Waals surface area contributed by atoms with Crippen molar-refractivity contribution in [2.24, 2.45) is 0 Å². The Morgan fingerprint density at radius 2 is 2.07 bits per heavy atom. The molecular weight excluding hydrogens is 247 g/mol. The Labute approximate surface area is 90.0 Å². The second-order valence-electron chi connectivity index (χ2n) is 2.55. The van der Waals surface area contributed by atoms with Crippen LogP contribution in [0.1, 0.15) is 10.4 Å². The summed E-state index contributed by atoms with van der Waals surface area (Å²) in [4.78, 5) is 9.90. The second kappa shape index (κ2) is 4.16. The minimum atomic E-state index is -4.23. The lowest BCUT2D eigenvalue weighted by molar-refractivity contribution is 0.111. The van der Waals surface area contributed by atoms with Gasteiger partial charge < -0.3 is 4.74 Å². The van der Waals surface area contributed by atoms with Gasteiger partial charge in [-0.1, -0.05) is 0 Å². The molecule has 0 aromatic heterocycles. The van der Waals surface area contributed by atoms with Crippen molar-refractivity contribution in [2.75, 3.05) is 7.11 Å². The van der Waals surface area contributed by atoms with Gasteiger partial charge in [0.2, 0.25) is 0 Å². The van der Waals surface area contributed by atoms with E-state index >= 15 is 0 Å². The highest BCUT2D eigenvalue weighted by molar-refractivity contribution is 8.13. The van der Waals surface area contributed by atoms with E-state index in [-0.39, 0.29) is 11.8 Å². The average molecular weight is 253 g/mol. The van der Waals surface area contributed by atoms with Crippen molar-refractivity contribution >= 4 is 26.0 Å². The van der Waals surface area contributed by atoms with E-state index in [1.165, 1.54) is 0 Å². The second-order valence-corrected chi connectivity index (χ2v) is 5.06. The number of rotatable bonds is 3. The number of methoxy groups -OCH3 is 1. The Kier molecular flexibility index (Phi) is 3.31. The summed E-state index contributed by atoms with van der Waals surface area (Å²) in [6.07, 6.45) is 0.261. The third-order valence-corrected chi connectivity index (χ3v) is 3.04. The fraction of sp³-hybridized carbons (Fsp3) is 0.125. The number of aldehydes is 1. The van der Waals surface area contributed by atoms with Crippen molar-refractivity contribution in [2.45, 2.75) is 4.90 Å². The zero-order chi connectivity index (χ0) is 11.6. The molecule has 4 nitrogen and oxygen atoms in total. The van der Waals surface area contributed by atoms with Crippen LogP contribution in [0.2, 0.25) is 0 Å². The van der Waals surface area contributed by atoms with Crippen molar-refractivity contribution in [3.63, 3.8) is 0 Å². The highest BCUT2D eigenvalue weighted by Gasteiger charge is 2.24. The van der Waals surface area contributed by atoms with Crippen LogP contribution in [0.25, 0.3) is 0 Å². The van der Waals surface area contributed by atoms with Gasteiger partial charge in [-0.3, -0.25) is 4.79 Å². The van der Waals surface area contributed by atoms with Gasteiger partial charge in [-0.25, -0.2) is 12.8 Å². The molecule has 1 rings (SSSR count). The number of hydrogen-bond acceptors (Lipinski definition) is 4. The fourth-order valence-electron chi connectivity index (χ4n) is 1.09. The summed E-state index contributed by atoms with van der Waals surface area (Å²) in [5.74, 6) is -1.46. The molecule has 82 valence electrons. The Bertz CT molecular complexity index is 498. The summed E-state index contributed by atoms with van der Waals surface area (Å²) in [5, 5.41) is 0. The summed E-state index contributed by atoms with van der Waals surface area (Å²) >= 11 is 0. The summed E-state index contributed by atoms with van der Waals surface area (Å²) < 4.78 is 39.9. The number of carbonyl (C=O) groups is 1. The Balaban J connectivity index is 3.70. The number of hydrogen-bond donors (Lipinski definition) is 0. The number of ether oxygens (including phenoxy) is 1. The van der Waals surface area contributed by atoms with Gasteiger partial charge in [-0.15, -0.1) is 0 Å². The third kappa shape index (κ3) is 2.27. The lowest BCUT2D eigenvalue weighted by Crippen LogP contribution is -2.03. The Morgan fingerprint density at radius 3 is 2.47 bits per heavy atom. The molecule has 0 saturated heterocycles. The molecule has 0 atom stereocenters. The Morgan fingerprint density at radius 1 is 1.47 bits per heavy atom. The van der Waals surface area contributed by atoms with Crippen LogP contribution in [-0.4, -0.2) is 21.8 Å². The minimum absolute atomic E-state index is 0.247. The van der Waals surface area contributed by atoms with E-state index in [0.29, 0.717) is 0 Å². The molecule has 0 aliphatic heterocycles. The van der Waals surface area contributed by atoms with Gasteiger partial charge in [0.15, 0.2) is 17.9 Å². The first-order chi connectivity index (χ1) is 6.91. The van der Waals surface area contributed by atoms with Crippen molar-refractivity contribution in [1.82, 2.24) is 0 Å². The molecule has 1 aromatic carbocycles. The lowest BCUT2D eigenvalue weighted by atomic mass is 10.2. The summed E-state index contributed by atoms with van der Waals surface area (Å²) in [5.41, 5.74) is -0.247. The molecular formula is C8H6ClFO4S. The molecule has 0 aliphatic rings. The number of benzene rings is 1. The monoisotopic (exact) mass is 252 g/mol. The molecule has 0 fully saturated rings. The quantitative estimate of drug-likeness (QED) is 0.605. The molecule has 0 bridgehead atoms. The van der Waals surface area contributed by atoms with E-state index in [2.05, 4.69) is 4.74 Å². The van der Waals surface area contributed by atoms with Crippen molar-refractivity contribution in [3.8, 4) is 5.75 Å². The summed E-state index contributed by atoms with van der Waals surface area (Å²) in [7, 11) is 1.91. The van der Waals surface area contributed by atoms with E-state index in [4.69, 9.17) is 10.7 Å². The predicted octanol–water partition coefficient (Wildman–Crippen LogP) is 1.57. The van der Waals surface area contributed by atoms with Gasteiger partial charge in [0.05, 0.1) is 7.11 Å². The van der Waals surface area contributed by atoms with Crippen LogP contribution >= 0.6 is 10.7 Å². The van der Waals surface area contributed by atoms with E-state index in [1.54, 1.807) is 0 Å². The Hall–Kier alpha value is -1.14. The van der Waals surface area contributed by atoms with Gasteiger partial charge in [0, 0.05) is 16.2 Å². The van der Waals surface area contributed by atoms with E-state index in [9.17, 15) is 17.6 Å². The first-order valence-electron chi connectivity index (χ1n) is 3.68. The highest BCUT2D eigenvalue weighted by atomic mass is 35.7. The molecule has 7 heteroatoms. The topological polar surface area (TPSA) is 60.4 Å².